The highest BCUT2D eigenvalue weighted by Gasteiger charge is 2.38. The Balaban J connectivity index is 1.33. The average molecular weight is 531 g/mol. The highest BCUT2D eigenvalue weighted by molar-refractivity contribution is 6.05. The molecule has 1 atom stereocenters. The molecule has 202 valence electrons. The van der Waals surface area contributed by atoms with E-state index in [1.807, 2.05) is 29.6 Å². The van der Waals surface area contributed by atoms with Gasteiger partial charge in [0.15, 0.2) is 0 Å². The van der Waals surface area contributed by atoms with Crippen LogP contribution in [0.4, 0.5) is 36.2 Å². The van der Waals surface area contributed by atoms with Crippen LogP contribution in [0.5, 0.6) is 5.75 Å². The minimum absolute atomic E-state index is 0.0522. The lowest BCUT2D eigenvalue weighted by atomic mass is 10.1. The van der Waals surface area contributed by atoms with E-state index in [-0.39, 0.29) is 11.3 Å². The number of carbonyl (C=O) groups excluding carboxylic acids is 1. The second-order valence-corrected chi connectivity index (χ2v) is 8.92. The third kappa shape index (κ3) is 7.56. The summed E-state index contributed by atoms with van der Waals surface area (Å²) >= 11 is 0. The van der Waals surface area contributed by atoms with Crippen LogP contribution in [0, 0.1) is 6.92 Å². The number of hydrogen-bond acceptors (Lipinski definition) is 8. The van der Waals surface area contributed by atoms with Crippen LogP contribution in [0.25, 0.3) is 0 Å². The summed E-state index contributed by atoms with van der Waals surface area (Å²) in [6.45, 7) is 5.38. The first-order valence-corrected chi connectivity index (χ1v) is 12.1. The molecule has 1 fully saturated rings. The molecule has 0 radical (unpaired) electrons. The van der Waals surface area contributed by atoms with Gasteiger partial charge in [0, 0.05) is 29.5 Å². The summed E-state index contributed by atoms with van der Waals surface area (Å²) in [6, 6.07) is 11.5. The number of carbonyl (C=O) groups is 1. The van der Waals surface area contributed by atoms with Crippen molar-refractivity contribution in [2.75, 3.05) is 42.2 Å². The Hall–Kier alpha value is -3.90. The fourth-order valence-electron chi connectivity index (χ4n) is 3.94. The zero-order valence-electron chi connectivity index (χ0n) is 20.8. The van der Waals surface area contributed by atoms with Crippen LogP contribution >= 0.6 is 0 Å². The molecule has 38 heavy (non-hydrogen) atoms. The maximum Gasteiger partial charge on any atom is 0.433 e. The number of rotatable bonds is 10. The molecule has 4 rings (SSSR count). The molecule has 9 nitrogen and oxygen atoms in total. The van der Waals surface area contributed by atoms with E-state index < -0.39 is 18.3 Å². The van der Waals surface area contributed by atoms with Gasteiger partial charge in [-0.25, -0.2) is 9.97 Å². The van der Waals surface area contributed by atoms with Crippen molar-refractivity contribution in [3.63, 3.8) is 0 Å². The summed E-state index contributed by atoms with van der Waals surface area (Å²) in [5.74, 6) is 0.476. The minimum Gasteiger partial charge on any atom is -0.492 e. The number of aryl methyl sites for hydroxylation is 1. The monoisotopic (exact) mass is 530 g/mol. The van der Waals surface area contributed by atoms with Gasteiger partial charge in [-0.1, -0.05) is 12.1 Å². The molecule has 0 aliphatic carbocycles. The zero-order chi connectivity index (χ0) is 27.1. The molecule has 3 aromatic rings. The maximum atomic E-state index is 12.7. The lowest BCUT2D eigenvalue weighted by molar-refractivity contribution is -0.194. The summed E-state index contributed by atoms with van der Waals surface area (Å²) in [5, 5.41) is 16.9. The SMILES string of the molecule is Cc1ccc(NC(O)C(F)(F)F)cc1C(=O)Nc1cnc(Nc2cccc(OCCN3CCCC3)c2)nc1. The van der Waals surface area contributed by atoms with Crippen LogP contribution in [0.2, 0.25) is 0 Å². The number of amides is 1. The normalized spacial score (nSPS) is 14.7. The molecule has 4 N–H and O–H groups in total. The third-order valence-electron chi connectivity index (χ3n) is 5.97. The van der Waals surface area contributed by atoms with E-state index in [4.69, 9.17) is 4.74 Å². The van der Waals surface area contributed by atoms with E-state index in [9.17, 15) is 23.1 Å². The van der Waals surface area contributed by atoms with Crippen molar-refractivity contribution < 1.29 is 27.8 Å². The quantitative estimate of drug-likeness (QED) is 0.283. The Morgan fingerprint density at radius 2 is 1.82 bits per heavy atom. The number of aliphatic hydroxyl groups excluding tert-OH is 1. The molecule has 0 saturated carbocycles. The highest BCUT2D eigenvalue weighted by atomic mass is 19.4. The molecular weight excluding hydrogens is 501 g/mol. The summed E-state index contributed by atoms with van der Waals surface area (Å²) in [7, 11) is 0. The molecular formula is C26H29F3N6O3. The molecule has 2 aromatic carbocycles. The first-order valence-electron chi connectivity index (χ1n) is 12.1. The van der Waals surface area contributed by atoms with Gasteiger partial charge >= 0.3 is 6.18 Å². The van der Waals surface area contributed by atoms with Crippen molar-refractivity contribution in [2.24, 2.45) is 0 Å². The van der Waals surface area contributed by atoms with E-state index in [1.165, 1.54) is 43.4 Å². The number of hydrogen-bond donors (Lipinski definition) is 4. The molecule has 1 unspecified atom stereocenters. The molecule has 1 saturated heterocycles. The van der Waals surface area contributed by atoms with Crippen molar-refractivity contribution in [1.29, 1.82) is 0 Å². The second-order valence-electron chi connectivity index (χ2n) is 8.92. The van der Waals surface area contributed by atoms with Gasteiger partial charge < -0.3 is 25.8 Å². The molecule has 0 bridgehead atoms. The first-order chi connectivity index (χ1) is 18.2. The fourth-order valence-corrected chi connectivity index (χ4v) is 3.94. The van der Waals surface area contributed by atoms with Gasteiger partial charge in [0.25, 0.3) is 5.91 Å². The van der Waals surface area contributed by atoms with Crippen molar-refractivity contribution in [2.45, 2.75) is 32.2 Å². The Morgan fingerprint density at radius 3 is 2.53 bits per heavy atom. The summed E-state index contributed by atoms with van der Waals surface area (Å²) in [4.78, 5) is 23.6. The number of nitrogens with zero attached hydrogens (tertiary/aromatic N) is 3. The largest absolute Gasteiger partial charge is 0.492 e. The average Bonchev–Trinajstić information content (AvgIpc) is 3.39. The van der Waals surface area contributed by atoms with E-state index >= 15 is 0 Å². The molecule has 1 amide bonds. The number of aliphatic hydroxyl groups is 1. The molecule has 1 aliphatic rings. The van der Waals surface area contributed by atoms with E-state index in [0.29, 0.717) is 23.8 Å². The maximum absolute atomic E-state index is 12.7. The lowest BCUT2D eigenvalue weighted by Gasteiger charge is -2.18. The Bertz CT molecular complexity index is 1230. The van der Waals surface area contributed by atoms with Crippen molar-refractivity contribution in [3.8, 4) is 5.75 Å². The zero-order valence-corrected chi connectivity index (χ0v) is 20.8. The van der Waals surface area contributed by atoms with Crippen molar-refractivity contribution >= 4 is 28.9 Å². The number of halogens is 3. The van der Waals surface area contributed by atoms with E-state index in [1.54, 1.807) is 6.92 Å². The summed E-state index contributed by atoms with van der Waals surface area (Å²) in [6.07, 6.45) is -2.30. The Kier molecular flexibility index (Phi) is 8.64. The standard InChI is InChI=1S/C26H29F3N6O3/c1-17-7-8-19(33-24(37)26(27,28)29)14-22(17)23(36)32-20-15-30-25(31-16-20)34-18-5-4-6-21(13-18)38-12-11-35-9-2-3-10-35/h4-8,13-16,24,33,37H,2-3,9-12H2,1H3,(H,32,36)(H,30,31,34). The molecule has 0 spiro atoms. The topological polar surface area (TPSA) is 112 Å². The number of nitrogens with one attached hydrogen (secondary N) is 3. The predicted molar refractivity (Wildman–Crippen MR) is 138 cm³/mol. The van der Waals surface area contributed by atoms with Gasteiger partial charge in [-0.2, -0.15) is 13.2 Å². The number of likely N-dealkylation sites (tertiary alicyclic amines) is 1. The van der Waals surface area contributed by atoms with Gasteiger partial charge in [-0.3, -0.25) is 9.69 Å². The Morgan fingerprint density at radius 1 is 1.08 bits per heavy atom. The van der Waals surface area contributed by atoms with Crippen LogP contribution in [0.15, 0.2) is 54.9 Å². The van der Waals surface area contributed by atoms with Crippen molar-refractivity contribution in [3.05, 3.63) is 66.0 Å². The third-order valence-corrected chi connectivity index (χ3v) is 5.97. The van der Waals surface area contributed by atoms with Crippen LogP contribution in [-0.2, 0) is 0 Å². The summed E-state index contributed by atoms with van der Waals surface area (Å²) in [5.41, 5.74) is 1.65. The van der Waals surface area contributed by atoms with Crippen LogP contribution in [-0.4, -0.2) is 64.5 Å². The molecule has 1 aromatic heterocycles. The number of ether oxygens (including phenoxy) is 1. The van der Waals surface area contributed by atoms with E-state index in [2.05, 4.69) is 25.5 Å². The number of anilines is 4. The lowest BCUT2D eigenvalue weighted by Crippen LogP contribution is -2.35. The van der Waals surface area contributed by atoms with Gasteiger partial charge in [-0.05, 0) is 62.7 Å². The van der Waals surface area contributed by atoms with Crippen LogP contribution < -0.4 is 20.7 Å². The number of benzene rings is 2. The summed E-state index contributed by atoms with van der Waals surface area (Å²) < 4.78 is 43.8. The molecule has 12 heteroatoms. The van der Waals surface area contributed by atoms with E-state index in [0.717, 1.165) is 31.1 Å². The minimum atomic E-state index is -4.85. The van der Waals surface area contributed by atoms with Gasteiger partial charge in [0.05, 0.1) is 18.1 Å². The van der Waals surface area contributed by atoms with Crippen LogP contribution in [0.3, 0.4) is 0 Å². The first kappa shape index (κ1) is 27.1. The van der Waals surface area contributed by atoms with Crippen molar-refractivity contribution in [1.82, 2.24) is 14.9 Å². The molecule has 2 heterocycles. The van der Waals surface area contributed by atoms with Gasteiger partial charge in [-0.15, -0.1) is 0 Å². The van der Waals surface area contributed by atoms with Crippen LogP contribution in [0.1, 0.15) is 28.8 Å². The molecule has 1 aliphatic heterocycles. The van der Waals surface area contributed by atoms with Gasteiger partial charge in [0.1, 0.15) is 12.4 Å². The van der Waals surface area contributed by atoms with Gasteiger partial charge in [0.2, 0.25) is 12.2 Å². The second kappa shape index (κ2) is 12.1. The Labute approximate surface area is 218 Å². The fraction of sp³-hybridized carbons (Fsp3) is 0.346. The number of alkyl halides is 3. The smallest absolute Gasteiger partial charge is 0.433 e. The number of aromatic nitrogens is 2. The predicted octanol–water partition coefficient (Wildman–Crippen LogP) is 4.55. The highest BCUT2D eigenvalue weighted by Crippen LogP contribution is 2.24.